The van der Waals surface area contributed by atoms with Gasteiger partial charge in [-0.15, -0.1) is 10.2 Å². The minimum atomic E-state index is -0.173. The maximum Gasteiger partial charge on any atom is 0.208 e. The maximum atomic E-state index is 13.3. The normalized spacial score (nSPS) is 19.4. The molecule has 0 aliphatic carbocycles. The number of hydrogen-bond donors (Lipinski definition) is 0. The van der Waals surface area contributed by atoms with E-state index in [1.165, 1.54) is 6.07 Å². The van der Waals surface area contributed by atoms with Crippen LogP contribution in [0.25, 0.3) is 0 Å². The third-order valence-electron chi connectivity index (χ3n) is 3.25. The van der Waals surface area contributed by atoms with Gasteiger partial charge in [-0.05, 0) is 37.5 Å². The second kappa shape index (κ2) is 4.65. The lowest BCUT2D eigenvalue weighted by Crippen LogP contribution is -2.22. The van der Waals surface area contributed by atoms with Gasteiger partial charge in [0.05, 0.1) is 6.04 Å². The summed E-state index contributed by atoms with van der Waals surface area (Å²) in [5.74, 6) is -0.173. The predicted molar refractivity (Wildman–Crippen MR) is 70.4 cm³/mol. The minimum absolute atomic E-state index is 0.173. The van der Waals surface area contributed by atoms with Crippen LogP contribution >= 0.6 is 11.3 Å². The van der Waals surface area contributed by atoms with Gasteiger partial charge in [-0.1, -0.05) is 23.5 Å². The largest absolute Gasteiger partial charge is 0.340 e. The molecule has 5 heteroatoms. The predicted octanol–water partition coefficient (Wildman–Crippen LogP) is 3.33. The van der Waals surface area contributed by atoms with Crippen LogP contribution in [0.15, 0.2) is 24.3 Å². The van der Waals surface area contributed by atoms with E-state index in [2.05, 4.69) is 15.1 Å². The van der Waals surface area contributed by atoms with Crippen LogP contribution in [0.1, 0.15) is 29.5 Å². The van der Waals surface area contributed by atoms with Gasteiger partial charge < -0.3 is 4.90 Å². The Hall–Kier alpha value is -1.49. The SMILES string of the molecule is Cc1nnc(N2CCCC2c2cccc(F)c2)s1. The highest BCUT2D eigenvalue weighted by atomic mass is 32.1. The lowest BCUT2D eigenvalue weighted by atomic mass is 10.0. The first-order valence-electron chi connectivity index (χ1n) is 6.06. The van der Waals surface area contributed by atoms with Crippen LogP contribution in [-0.4, -0.2) is 16.7 Å². The molecule has 0 radical (unpaired) electrons. The molecule has 0 amide bonds. The minimum Gasteiger partial charge on any atom is -0.340 e. The smallest absolute Gasteiger partial charge is 0.208 e. The first-order chi connectivity index (χ1) is 8.74. The first-order valence-corrected chi connectivity index (χ1v) is 6.88. The van der Waals surface area contributed by atoms with Gasteiger partial charge in [0.15, 0.2) is 0 Å². The van der Waals surface area contributed by atoms with E-state index in [4.69, 9.17) is 0 Å². The molecule has 0 saturated carbocycles. The average molecular weight is 263 g/mol. The van der Waals surface area contributed by atoms with Crippen molar-refractivity contribution in [1.29, 1.82) is 0 Å². The van der Waals surface area contributed by atoms with Crippen LogP contribution in [0.3, 0.4) is 0 Å². The van der Waals surface area contributed by atoms with Crippen LogP contribution in [-0.2, 0) is 0 Å². The van der Waals surface area contributed by atoms with E-state index < -0.39 is 0 Å². The van der Waals surface area contributed by atoms with E-state index in [0.717, 1.165) is 35.1 Å². The fourth-order valence-corrected chi connectivity index (χ4v) is 3.22. The van der Waals surface area contributed by atoms with E-state index in [9.17, 15) is 4.39 Å². The van der Waals surface area contributed by atoms with E-state index in [1.807, 2.05) is 13.0 Å². The summed E-state index contributed by atoms with van der Waals surface area (Å²) in [7, 11) is 0. The van der Waals surface area contributed by atoms with Gasteiger partial charge in [0.2, 0.25) is 5.13 Å². The molecule has 1 aromatic heterocycles. The van der Waals surface area contributed by atoms with Crippen LogP contribution in [0.4, 0.5) is 9.52 Å². The summed E-state index contributed by atoms with van der Waals surface area (Å²) in [4.78, 5) is 2.24. The van der Waals surface area contributed by atoms with Crippen LogP contribution in [0, 0.1) is 12.7 Å². The van der Waals surface area contributed by atoms with Gasteiger partial charge in [0, 0.05) is 6.54 Å². The molecule has 2 heterocycles. The molecule has 1 atom stereocenters. The van der Waals surface area contributed by atoms with E-state index in [1.54, 1.807) is 23.5 Å². The van der Waals surface area contributed by atoms with Gasteiger partial charge in [-0.3, -0.25) is 0 Å². The van der Waals surface area contributed by atoms with Crippen molar-refractivity contribution >= 4 is 16.5 Å². The Morgan fingerprint density at radius 1 is 1.39 bits per heavy atom. The number of rotatable bonds is 2. The standard InChI is InChI=1S/C13H14FN3S/c1-9-15-16-13(18-9)17-7-3-6-12(17)10-4-2-5-11(14)8-10/h2,4-5,8,12H,3,6-7H2,1H3. The van der Waals surface area contributed by atoms with Gasteiger partial charge in [0.25, 0.3) is 0 Å². The van der Waals surface area contributed by atoms with Gasteiger partial charge in [-0.2, -0.15) is 0 Å². The molecular formula is C13H14FN3S. The lowest BCUT2D eigenvalue weighted by Gasteiger charge is -2.23. The van der Waals surface area contributed by atoms with Gasteiger partial charge in [-0.25, -0.2) is 4.39 Å². The molecule has 1 saturated heterocycles. The van der Waals surface area contributed by atoms with Crippen molar-refractivity contribution in [2.24, 2.45) is 0 Å². The van der Waals surface area contributed by atoms with Crippen LogP contribution < -0.4 is 4.90 Å². The molecule has 1 fully saturated rings. The summed E-state index contributed by atoms with van der Waals surface area (Å²) in [6, 6.07) is 7.09. The molecule has 18 heavy (non-hydrogen) atoms. The molecule has 0 bridgehead atoms. The zero-order chi connectivity index (χ0) is 12.5. The molecule has 1 unspecified atom stereocenters. The fraction of sp³-hybridized carbons (Fsp3) is 0.385. The van der Waals surface area contributed by atoms with E-state index in [0.29, 0.717) is 0 Å². The Morgan fingerprint density at radius 3 is 3.00 bits per heavy atom. The molecule has 3 nitrogen and oxygen atoms in total. The molecule has 1 aliphatic heterocycles. The summed E-state index contributed by atoms with van der Waals surface area (Å²) in [6.07, 6.45) is 2.15. The highest BCUT2D eigenvalue weighted by molar-refractivity contribution is 7.15. The number of halogens is 1. The summed E-state index contributed by atoms with van der Waals surface area (Å²) in [6.45, 7) is 2.92. The Kier molecular flexibility index (Phi) is 2.99. The second-order valence-corrected chi connectivity index (χ2v) is 5.67. The van der Waals surface area contributed by atoms with Crippen molar-refractivity contribution in [1.82, 2.24) is 10.2 Å². The number of anilines is 1. The monoisotopic (exact) mass is 263 g/mol. The zero-order valence-corrected chi connectivity index (χ0v) is 11.0. The van der Waals surface area contributed by atoms with Crippen LogP contribution in [0.2, 0.25) is 0 Å². The van der Waals surface area contributed by atoms with Gasteiger partial charge >= 0.3 is 0 Å². The Bertz CT molecular complexity index is 555. The summed E-state index contributed by atoms with van der Waals surface area (Å²) < 4.78 is 13.3. The van der Waals surface area contributed by atoms with Gasteiger partial charge in [0.1, 0.15) is 10.8 Å². The lowest BCUT2D eigenvalue weighted by molar-refractivity contribution is 0.618. The first kappa shape index (κ1) is 11.6. The number of hydrogen-bond acceptors (Lipinski definition) is 4. The second-order valence-electron chi connectivity index (χ2n) is 4.51. The molecule has 0 spiro atoms. The number of nitrogens with zero attached hydrogens (tertiary/aromatic N) is 3. The van der Waals surface area contributed by atoms with Crippen molar-refractivity contribution in [3.8, 4) is 0 Å². The van der Waals surface area contributed by atoms with Crippen molar-refractivity contribution < 1.29 is 4.39 Å². The Balaban J connectivity index is 1.92. The molecule has 3 rings (SSSR count). The Labute approximate surface area is 109 Å². The zero-order valence-electron chi connectivity index (χ0n) is 10.1. The van der Waals surface area contributed by atoms with E-state index >= 15 is 0 Å². The highest BCUT2D eigenvalue weighted by Crippen LogP contribution is 2.37. The number of benzene rings is 1. The highest BCUT2D eigenvalue weighted by Gasteiger charge is 2.28. The number of aromatic nitrogens is 2. The van der Waals surface area contributed by atoms with Crippen LogP contribution in [0.5, 0.6) is 0 Å². The molecular weight excluding hydrogens is 249 g/mol. The molecule has 94 valence electrons. The molecule has 1 aromatic carbocycles. The average Bonchev–Trinajstić information content (AvgIpc) is 2.96. The van der Waals surface area contributed by atoms with Crippen molar-refractivity contribution in [3.63, 3.8) is 0 Å². The summed E-state index contributed by atoms with van der Waals surface area (Å²) in [5, 5.41) is 10.2. The topological polar surface area (TPSA) is 29.0 Å². The fourth-order valence-electron chi connectivity index (χ4n) is 2.46. The van der Waals surface area contributed by atoms with E-state index in [-0.39, 0.29) is 11.9 Å². The quantitative estimate of drug-likeness (QED) is 0.832. The molecule has 2 aromatic rings. The number of aryl methyl sites for hydroxylation is 1. The summed E-state index contributed by atoms with van der Waals surface area (Å²) in [5.41, 5.74) is 1.03. The maximum absolute atomic E-state index is 13.3. The van der Waals surface area contributed by atoms with Crippen molar-refractivity contribution in [2.75, 3.05) is 11.4 Å². The third kappa shape index (κ3) is 2.10. The van der Waals surface area contributed by atoms with Crippen molar-refractivity contribution in [2.45, 2.75) is 25.8 Å². The Morgan fingerprint density at radius 2 is 2.28 bits per heavy atom. The molecule has 1 aliphatic rings. The third-order valence-corrected chi connectivity index (χ3v) is 4.12. The molecule has 0 N–H and O–H groups in total. The van der Waals surface area contributed by atoms with Crippen molar-refractivity contribution in [3.05, 3.63) is 40.7 Å². The summed E-state index contributed by atoms with van der Waals surface area (Å²) >= 11 is 1.60.